The first kappa shape index (κ1) is 13.4. The summed E-state index contributed by atoms with van der Waals surface area (Å²) in [6.45, 7) is 1.28. The van der Waals surface area contributed by atoms with Gasteiger partial charge in [-0.25, -0.2) is 4.98 Å². The molecule has 0 aromatic carbocycles. The molecule has 5 nitrogen and oxygen atoms in total. The molecule has 1 aliphatic rings. The van der Waals surface area contributed by atoms with Gasteiger partial charge >= 0.3 is 0 Å². The molecule has 1 amide bonds. The summed E-state index contributed by atoms with van der Waals surface area (Å²) in [4.78, 5) is 16.4. The number of thiol groups is 1. The fourth-order valence-electron chi connectivity index (χ4n) is 2.27. The van der Waals surface area contributed by atoms with Gasteiger partial charge in [-0.3, -0.25) is 4.79 Å². The van der Waals surface area contributed by atoms with Crippen LogP contribution < -0.4 is 5.32 Å². The minimum atomic E-state index is -0.237. The van der Waals surface area contributed by atoms with Crippen LogP contribution >= 0.6 is 12.6 Å². The number of nitrogens with zero attached hydrogens (tertiary/aromatic N) is 2. The zero-order valence-corrected chi connectivity index (χ0v) is 11.4. The van der Waals surface area contributed by atoms with Crippen LogP contribution in [0.4, 0.5) is 0 Å². The van der Waals surface area contributed by atoms with E-state index in [1.54, 1.807) is 6.20 Å². The van der Waals surface area contributed by atoms with Crippen LogP contribution in [0.3, 0.4) is 0 Å². The van der Waals surface area contributed by atoms with Gasteiger partial charge in [0.15, 0.2) is 0 Å². The number of imidazole rings is 1. The molecule has 18 heavy (non-hydrogen) atoms. The normalized spacial score (nSPS) is 23.9. The lowest BCUT2D eigenvalue weighted by Gasteiger charge is -2.30. The summed E-state index contributed by atoms with van der Waals surface area (Å²) in [7, 11) is 1.92. The van der Waals surface area contributed by atoms with Crippen molar-refractivity contribution in [3.8, 4) is 0 Å². The molecule has 2 heterocycles. The van der Waals surface area contributed by atoms with Crippen molar-refractivity contribution in [1.29, 1.82) is 0 Å². The fraction of sp³-hybridized carbons (Fsp3) is 0.667. The van der Waals surface area contributed by atoms with Crippen molar-refractivity contribution in [3.63, 3.8) is 0 Å². The van der Waals surface area contributed by atoms with E-state index in [0.29, 0.717) is 18.9 Å². The van der Waals surface area contributed by atoms with Crippen LogP contribution in [-0.4, -0.2) is 34.4 Å². The van der Waals surface area contributed by atoms with Gasteiger partial charge in [0, 0.05) is 38.3 Å². The average molecular weight is 269 g/mol. The first-order valence-corrected chi connectivity index (χ1v) is 6.84. The van der Waals surface area contributed by atoms with Gasteiger partial charge in [0.25, 0.3) is 0 Å². The molecule has 1 aromatic heterocycles. The SMILES string of the molecule is Cn1ccnc1[C@@H]1OCCC[C@H]1C(=O)NCCS. The maximum Gasteiger partial charge on any atom is 0.226 e. The molecule has 6 heteroatoms. The zero-order valence-electron chi connectivity index (χ0n) is 10.5. The lowest BCUT2D eigenvalue weighted by Crippen LogP contribution is -2.39. The second-order valence-electron chi connectivity index (χ2n) is 4.45. The number of rotatable bonds is 4. The van der Waals surface area contributed by atoms with Gasteiger partial charge in [-0.2, -0.15) is 12.6 Å². The third-order valence-electron chi connectivity index (χ3n) is 3.18. The third-order valence-corrected chi connectivity index (χ3v) is 3.41. The molecule has 1 fully saturated rings. The van der Waals surface area contributed by atoms with Crippen molar-refractivity contribution in [3.05, 3.63) is 18.2 Å². The van der Waals surface area contributed by atoms with Crippen LogP contribution in [0, 0.1) is 5.92 Å². The Bertz CT molecular complexity index is 408. The first-order valence-electron chi connectivity index (χ1n) is 6.21. The molecule has 1 aromatic rings. The molecule has 0 aliphatic carbocycles. The highest BCUT2D eigenvalue weighted by atomic mass is 32.1. The van der Waals surface area contributed by atoms with Crippen molar-refractivity contribution in [2.75, 3.05) is 18.9 Å². The number of aromatic nitrogens is 2. The second kappa shape index (κ2) is 6.24. The zero-order chi connectivity index (χ0) is 13.0. The molecule has 1 saturated heterocycles. The molecule has 0 saturated carbocycles. The van der Waals surface area contributed by atoms with E-state index in [9.17, 15) is 4.79 Å². The van der Waals surface area contributed by atoms with Crippen molar-refractivity contribution >= 4 is 18.5 Å². The summed E-state index contributed by atoms with van der Waals surface area (Å²) in [5.74, 6) is 1.35. The Kier molecular flexibility index (Phi) is 4.66. The van der Waals surface area contributed by atoms with Crippen LogP contribution in [0.25, 0.3) is 0 Å². The maximum atomic E-state index is 12.1. The van der Waals surface area contributed by atoms with E-state index < -0.39 is 0 Å². The summed E-state index contributed by atoms with van der Waals surface area (Å²) in [5, 5.41) is 2.88. The molecule has 0 bridgehead atoms. The largest absolute Gasteiger partial charge is 0.369 e. The number of amides is 1. The minimum Gasteiger partial charge on any atom is -0.369 e. The van der Waals surface area contributed by atoms with Gasteiger partial charge in [-0.15, -0.1) is 0 Å². The monoisotopic (exact) mass is 269 g/mol. The molecule has 2 rings (SSSR count). The van der Waals surface area contributed by atoms with Crippen molar-refractivity contribution in [2.24, 2.45) is 13.0 Å². The number of carbonyl (C=O) groups excluding carboxylic acids is 1. The van der Waals surface area contributed by atoms with E-state index in [-0.39, 0.29) is 17.9 Å². The first-order chi connectivity index (χ1) is 8.74. The fourth-order valence-corrected chi connectivity index (χ4v) is 2.38. The summed E-state index contributed by atoms with van der Waals surface area (Å²) in [6, 6.07) is 0. The van der Waals surface area contributed by atoms with E-state index in [2.05, 4.69) is 22.9 Å². The van der Waals surface area contributed by atoms with Crippen LogP contribution in [0.15, 0.2) is 12.4 Å². The molecule has 1 N–H and O–H groups in total. The Labute approximate surface area is 112 Å². The number of hydrogen-bond acceptors (Lipinski definition) is 4. The van der Waals surface area contributed by atoms with Gasteiger partial charge < -0.3 is 14.6 Å². The van der Waals surface area contributed by atoms with E-state index in [4.69, 9.17) is 4.74 Å². The van der Waals surface area contributed by atoms with Gasteiger partial charge in [-0.05, 0) is 12.8 Å². The Morgan fingerprint density at radius 1 is 1.72 bits per heavy atom. The lowest BCUT2D eigenvalue weighted by molar-refractivity contribution is -0.135. The standard InChI is InChI=1S/C12H19N3O2S/c1-15-6-4-13-11(15)10-9(3-2-7-17-10)12(16)14-5-8-18/h4,6,9-10,18H,2-3,5,7-8H2,1H3,(H,14,16)/t9-,10-/m1/s1. The summed E-state index contributed by atoms with van der Waals surface area (Å²) < 4.78 is 7.67. The highest BCUT2D eigenvalue weighted by molar-refractivity contribution is 7.80. The number of hydrogen-bond donors (Lipinski definition) is 2. The van der Waals surface area contributed by atoms with Crippen LogP contribution in [0.1, 0.15) is 24.8 Å². The molecule has 0 radical (unpaired) electrons. The van der Waals surface area contributed by atoms with Gasteiger partial charge in [0.05, 0.1) is 5.92 Å². The Morgan fingerprint density at radius 2 is 2.56 bits per heavy atom. The topological polar surface area (TPSA) is 56.2 Å². The van der Waals surface area contributed by atoms with Crippen LogP contribution in [-0.2, 0) is 16.6 Å². The molecule has 100 valence electrons. The van der Waals surface area contributed by atoms with E-state index in [1.165, 1.54) is 0 Å². The maximum absolute atomic E-state index is 12.1. The second-order valence-corrected chi connectivity index (χ2v) is 4.90. The average Bonchev–Trinajstić information content (AvgIpc) is 2.82. The minimum absolute atomic E-state index is 0.0387. The lowest BCUT2D eigenvalue weighted by atomic mass is 9.92. The Hall–Kier alpha value is -1.01. The van der Waals surface area contributed by atoms with Crippen molar-refractivity contribution < 1.29 is 9.53 Å². The Morgan fingerprint density at radius 3 is 3.22 bits per heavy atom. The van der Waals surface area contributed by atoms with Crippen molar-refractivity contribution in [2.45, 2.75) is 18.9 Å². The number of ether oxygens (including phenoxy) is 1. The predicted molar refractivity (Wildman–Crippen MR) is 71.5 cm³/mol. The quantitative estimate of drug-likeness (QED) is 0.800. The summed E-state index contributed by atoms with van der Waals surface area (Å²) in [6.07, 6.45) is 5.13. The molecule has 0 unspecified atom stereocenters. The number of carbonyl (C=O) groups is 1. The predicted octanol–water partition coefficient (Wildman–Crippen LogP) is 0.934. The van der Waals surface area contributed by atoms with Gasteiger partial charge in [0.1, 0.15) is 11.9 Å². The molecular formula is C12H19N3O2S. The molecule has 1 aliphatic heterocycles. The third kappa shape index (κ3) is 2.87. The number of aryl methyl sites for hydroxylation is 1. The van der Waals surface area contributed by atoms with Crippen LogP contribution in [0.2, 0.25) is 0 Å². The highest BCUT2D eigenvalue weighted by Crippen LogP contribution is 2.32. The van der Waals surface area contributed by atoms with Gasteiger partial charge in [-0.1, -0.05) is 0 Å². The van der Waals surface area contributed by atoms with Crippen LogP contribution in [0.5, 0.6) is 0 Å². The number of nitrogens with one attached hydrogen (secondary N) is 1. The molecule has 2 atom stereocenters. The van der Waals surface area contributed by atoms with E-state index in [0.717, 1.165) is 18.7 Å². The molecule has 0 spiro atoms. The Balaban J connectivity index is 2.11. The van der Waals surface area contributed by atoms with Crippen molar-refractivity contribution in [1.82, 2.24) is 14.9 Å². The molecular weight excluding hydrogens is 250 g/mol. The van der Waals surface area contributed by atoms with E-state index >= 15 is 0 Å². The summed E-state index contributed by atoms with van der Waals surface area (Å²) >= 11 is 4.10. The van der Waals surface area contributed by atoms with Gasteiger partial charge in [0.2, 0.25) is 5.91 Å². The smallest absolute Gasteiger partial charge is 0.226 e. The van der Waals surface area contributed by atoms with E-state index in [1.807, 2.05) is 17.8 Å². The highest BCUT2D eigenvalue weighted by Gasteiger charge is 2.35. The summed E-state index contributed by atoms with van der Waals surface area (Å²) in [5.41, 5.74) is 0.